The number of amides is 1. The van der Waals surface area contributed by atoms with Gasteiger partial charge >= 0.3 is 0 Å². The lowest BCUT2D eigenvalue weighted by Gasteiger charge is -2.39. The van der Waals surface area contributed by atoms with Gasteiger partial charge in [0.15, 0.2) is 0 Å². The molecule has 1 aliphatic heterocycles. The van der Waals surface area contributed by atoms with Crippen molar-refractivity contribution in [3.05, 3.63) is 35.1 Å². The second-order valence-corrected chi connectivity index (χ2v) is 5.49. The summed E-state index contributed by atoms with van der Waals surface area (Å²) in [6.07, 6.45) is 3.03. The zero-order valence-corrected chi connectivity index (χ0v) is 12.4. The molecule has 21 heavy (non-hydrogen) atoms. The summed E-state index contributed by atoms with van der Waals surface area (Å²) in [6.45, 7) is 3.75. The second-order valence-electron chi connectivity index (χ2n) is 5.49. The number of halogens is 1. The van der Waals surface area contributed by atoms with Crippen molar-refractivity contribution < 1.29 is 14.3 Å². The molecule has 0 spiro atoms. The predicted molar refractivity (Wildman–Crippen MR) is 79.3 cm³/mol. The molecule has 1 fully saturated rings. The van der Waals surface area contributed by atoms with E-state index in [0.717, 1.165) is 19.3 Å². The average molecular weight is 289 g/mol. The number of piperidine rings is 1. The van der Waals surface area contributed by atoms with Crippen LogP contribution in [0.5, 0.6) is 0 Å². The summed E-state index contributed by atoms with van der Waals surface area (Å²) in [5.74, 6) is 4.61. The molecule has 3 nitrogen and oxygen atoms in total. The van der Waals surface area contributed by atoms with Gasteiger partial charge in [-0.2, -0.15) is 0 Å². The van der Waals surface area contributed by atoms with Crippen molar-refractivity contribution in [1.82, 2.24) is 4.90 Å². The molecule has 0 bridgehead atoms. The largest absolute Gasteiger partial charge is 0.384 e. The summed E-state index contributed by atoms with van der Waals surface area (Å²) < 4.78 is 13.5. The van der Waals surface area contributed by atoms with E-state index in [4.69, 9.17) is 5.11 Å². The molecule has 1 N–H and O–H groups in total. The molecule has 4 heteroatoms. The number of hydrogen-bond donors (Lipinski definition) is 1. The van der Waals surface area contributed by atoms with Crippen molar-refractivity contribution in [3.8, 4) is 11.8 Å². The van der Waals surface area contributed by atoms with E-state index in [1.807, 2.05) is 18.7 Å². The molecule has 1 saturated heterocycles. The third-order valence-electron chi connectivity index (χ3n) is 3.94. The molecule has 2 rings (SSSR count). The Balaban J connectivity index is 2.39. The van der Waals surface area contributed by atoms with Crippen LogP contribution in [0.2, 0.25) is 0 Å². The Hall–Kier alpha value is -1.86. The highest BCUT2D eigenvalue weighted by Gasteiger charge is 2.30. The summed E-state index contributed by atoms with van der Waals surface area (Å²) >= 11 is 0. The van der Waals surface area contributed by atoms with Gasteiger partial charge in [0, 0.05) is 17.6 Å². The number of carbonyl (C=O) groups is 1. The maximum absolute atomic E-state index is 13.5. The minimum Gasteiger partial charge on any atom is -0.384 e. The van der Waals surface area contributed by atoms with E-state index >= 15 is 0 Å². The Kier molecular flexibility index (Phi) is 4.98. The molecule has 0 aliphatic carbocycles. The van der Waals surface area contributed by atoms with Crippen LogP contribution in [-0.2, 0) is 0 Å². The molecule has 0 radical (unpaired) electrons. The summed E-state index contributed by atoms with van der Waals surface area (Å²) in [4.78, 5) is 14.6. The number of carbonyl (C=O) groups excluding carboxylic acids is 1. The summed E-state index contributed by atoms with van der Waals surface area (Å²) in [5, 5.41) is 8.80. The monoisotopic (exact) mass is 289 g/mol. The van der Waals surface area contributed by atoms with Crippen molar-refractivity contribution in [2.75, 3.05) is 6.61 Å². The topological polar surface area (TPSA) is 40.5 Å². The fourth-order valence-electron chi connectivity index (χ4n) is 2.90. The van der Waals surface area contributed by atoms with Gasteiger partial charge in [0.2, 0.25) is 0 Å². The van der Waals surface area contributed by atoms with Gasteiger partial charge in [-0.15, -0.1) is 0 Å². The quantitative estimate of drug-likeness (QED) is 0.807. The number of rotatable bonds is 1. The smallest absolute Gasteiger partial charge is 0.255 e. The molecular weight excluding hydrogens is 269 g/mol. The van der Waals surface area contributed by atoms with E-state index < -0.39 is 5.82 Å². The average Bonchev–Trinajstić information content (AvgIpc) is 2.45. The number of benzene rings is 1. The van der Waals surface area contributed by atoms with Crippen molar-refractivity contribution in [3.63, 3.8) is 0 Å². The molecule has 112 valence electrons. The van der Waals surface area contributed by atoms with Gasteiger partial charge in [-0.05, 0) is 51.3 Å². The molecule has 2 unspecified atom stereocenters. The summed E-state index contributed by atoms with van der Waals surface area (Å²) in [6, 6.07) is 4.29. The Morgan fingerprint density at radius 1 is 1.38 bits per heavy atom. The zero-order valence-electron chi connectivity index (χ0n) is 12.4. The number of aliphatic hydroxyl groups excluding tert-OH is 1. The highest BCUT2D eigenvalue weighted by atomic mass is 19.1. The van der Waals surface area contributed by atoms with Crippen LogP contribution >= 0.6 is 0 Å². The summed E-state index contributed by atoms with van der Waals surface area (Å²) in [5.41, 5.74) is 0.733. The fraction of sp³-hybridized carbons (Fsp3) is 0.471. The summed E-state index contributed by atoms with van der Waals surface area (Å²) in [7, 11) is 0. The predicted octanol–water partition coefficient (Wildman–Crippen LogP) is 2.57. The lowest BCUT2D eigenvalue weighted by atomic mass is 9.95. The molecule has 1 heterocycles. The maximum atomic E-state index is 13.5. The Bertz CT molecular complexity index is 578. The minimum atomic E-state index is -0.454. The van der Waals surface area contributed by atoms with Gasteiger partial charge < -0.3 is 10.0 Å². The van der Waals surface area contributed by atoms with Crippen LogP contribution in [0.4, 0.5) is 4.39 Å². The minimum absolute atomic E-state index is 0.142. The normalized spacial score (nSPS) is 21.6. The Morgan fingerprint density at radius 2 is 2.05 bits per heavy atom. The Morgan fingerprint density at radius 3 is 2.67 bits per heavy atom. The van der Waals surface area contributed by atoms with E-state index in [-0.39, 0.29) is 30.2 Å². The number of hydrogen-bond acceptors (Lipinski definition) is 2. The first-order chi connectivity index (χ1) is 10.0. The Labute approximate surface area is 124 Å². The number of nitrogens with zero attached hydrogens (tertiary/aromatic N) is 1. The lowest BCUT2D eigenvalue weighted by molar-refractivity contribution is 0.0510. The van der Waals surface area contributed by atoms with Gasteiger partial charge in [0.1, 0.15) is 12.4 Å². The molecule has 0 aromatic heterocycles. The van der Waals surface area contributed by atoms with Crippen LogP contribution < -0.4 is 0 Å². The molecular formula is C17H20FNO2. The molecule has 1 aromatic rings. The zero-order chi connectivity index (χ0) is 15.4. The van der Waals surface area contributed by atoms with Gasteiger partial charge in [-0.1, -0.05) is 11.8 Å². The van der Waals surface area contributed by atoms with E-state index in [1.54, 1.807) is 0 Å². The highest BCUT2D eigenvalue weighted by Crippen LogP contribution is 2.25. The van der Waals surface area contributed by atoms with Gasteiger partial charge in [0.25, 0.3) is 5.91 Å². The molecule has 1 aromatic carbocycles. The molecule has 1 aliphatic rings. The van der Waals surface area contributed by atoms with Crippen molar-refractivity contribution in [2.24, 2.45) is 0 Å². The number of likely N-dealkylation sites (tertiary alicyclic amines) is 1. The van der Waals surface area contributed by atoms with Gasteiger partial charge in [-0.3, -0.25) is 4.79 Å². The molecule has 2 atom stereocenters. The van der Waals surface area contributed by atoms with Crippen LogP contribution in [0.25, 0.3) is 0 Å². The number of aliphatic hydroxyl groups is 1. The van der Waals surface area contributed by atoms with Crippen molar-refractivity contribution in [2.45, 2.75) is 45.2 Å². The fourth-order valence-corrected chi connectivity index (χ4v) is 2.90. The van der Waals surface area contributed by atoms with Crippen molar-refractivity contribution in [1.29, 1.82) is 0 Å². The lowest BCUT2D eigenvalue weighted by Crippen LogP contribution is -2.47. The standard InChI is InChI=1S/C17H20FNO2/c1-12-5-3-6-13(2)19(12)17(21)16-11-15(18)9-8-14(16)7-4-10-20/h8-9,11-13,20H,3,5-6,10H2,1-2H3. The highest BCUT2D eigenvalue weighted by molar-refractivity contribution is 5.97. The second kappa shape index (κ2) is 6.73. The maximum Gasteiger partial charge on any atom is 0.255 e. The van der Waals surface area contributed by atoms with E-state index in [2.05, 4.69) is 11.8 Å². The first-order valence-electron chi connectivity index (χ1n) is 7.26. The first-order valence-corrected chi connectivity index (χ1v) is 7.26. The van der Waals surface area contributed by atoms with Crippen LogP contribution in [0.1, 0.15) is 49.0 Å². The van der Waals surface area contributed by atoms with Crippen molar-refractivity contribution >= 4 is 5.91 Å². The van der Waals surface area contributed by atoms with Crippen LogP contribution in [0, 0.1) is 17.7 Å². The first kappa shape index (κ1) is 15.5. The van der Waals surface area contributed by atoms with Gasteiger partial charge in [0.05, 0.1) is 5.56 Å². The van der Waals surface area contributed by atoms with Crippen LogP contribution in [0.3, 0.4) is 0 Å². The van der Waals surface area contributed by atoms with E-state index in [9.17, 15) is 9.18 Å². The van der Waals surface area contributed by atoms with E-state index in [0.29, 0.717) is 5.56 Å². The third kappa shape index (κ3) is 3.43. The van der Waals surface area contributed by atoms with Gasteiger partial charge in [-0.25, -0.2) is 4.39 Å². The van der Waals surface area contributed by atoms with E-state index in [1.165, 1.54) is 18.2 Å². The SMILES string of the molecule is CC1CCCC(C)N1C(=O)c1cc(F)ccc1C#CCO. The molecule has 1 amide bonds. The van der Waals surface area contributed by atoms with Crippen LogP contribution in [-0.4, -0.2) is 34.6 Å². The van der Waals surface area contributed by atoms with Crippen LogP contribution in [0.15, 0.2) is 18.2 Å². The third-order valence-corrected chi connectivity index (χ3v) is 3.94. The molecule has 0 saturated carbocycles.